The van der Waals surface area contributed by atoms with E-state index in [-0.39, 0.29) is 11.6 Å². The van der Waals surface area contributed by atoms with Gasteiger partial charge in [-0.1, -0.05) is 0 Å². The maximum Gasteiger partial charge on any atom is 0.320 e. The number of hydrogen-bond acceptors (Lipinski definition) is 4. The Morgan fingerprint density at radius 1 is 1.35 bits per heavy atom. The molecule has 1 aromatic carbocycles. The molecule has 0 spiro atoms. The Morgan fingerprint density at radius 3 is 2.50 bits per heavy atom. The second-order valence-electron chi connectivity index (χ2n) is 4.86. The standard InChI is InChI=1S/C14H19FN2O3/c1-10(14(18)19)16-5-7-17(8-6-16)11-3-4-13(20-2)12(15)9-11/h3-4,9-10H,5-8H2,1-2H3,(H,18,19)/t10-/m1/s1. The van der Waals surface area contributed by atoms with Gasteiger partial charge in [-0.2, -0.15) is 0 Å². The summed E-state index contributed by atoms with van der Waals surface area (Å²) in [5.74, 6) is -0.966. The van der Waals surface area contributed by atoms with Gasteiger partial charge < -0.3 is 14.7 Å². The third-order valence-electron chi connectivity index (χ3n) is 3.72. The van der Waals surface area contributed by atoms with Crippen molar-refractivity contribution in [2.45, 2.75) is 13.0 Å². The number of methoxy groups -OCH3 is 1. The Hall–Kier alpha value is -1.82. The molecule has 5 nitrogen and oxygen atoms in total. The van der Waals surface area contributed by atoms with E-state index < -0.39 is 12.0 Å². The van der Waals surface area contributed by atoms with Crippen LogP contribution in [-0.4, -0.2) is 55.3 Å². The summed E-state index contributed by atoms with van der Waals surface area (Å²) in [6.45, 7) is 4.36. The van der Waals surface area contributed by atoms with Crippen LogP contribution >= 0.6 is 0 Å². The minimum absolute atomic E-state index is 0.229. The van der Waals surface area contributed by atoms with Crippen molar-refractivity contribution in [2.24, 2.45) is 0 Å². The first-order chi connectivity index (χ1) is 9.52. The number of rotatable bonds is 4. The van der Waals surface area contributed by atoms with Crippen molar-refractivity contribution in [1.82, 2.24) is 4.90 Å². The van der Waals surface area contributed by atoms with Gasteiger partial charge in [-0.3, -0.25) is 9.69 Å². The van der Waals surface area contributed by atoms with Gasteiger partial charge in [0.1, 0.15) is 6.04 Å². The summed E-state index contributed by atoms with van der Waals surface area (Å²) in [5.41, 5.74) is 0.797. The van der Waals surface area contributed by atoms with Crippen molar-refractivity contribution >= 4 is 11.7 Å². The molecule has 20 heavy (non-hydrogen) atoms. The van der Waals surface area contributed by atoms with Gasteiger partial charge in [-0.25, -0.2) is 4.39 Å². The first kappa shape index (κ1) is 14.6. The van der Waals surface area contributed by atoms with E-state index in [1.165, 1.54) is 13.2 Å². The molecule has 1 aliphatic heterocycles. The van der Waals surface area contributed by atoms with Crippen LogP contribution in [0.15, 0.2) is 18.2 Å². The largest absolute Gasteiger partial charge is 0.494 e. The predicted octanol–water partition coefficient (Wildman–Crippen LogP) is 1.43. The molecule has 1 fully saturated rings. The third-order valence-corrected chi connectivity index (χ3v) is 3.72. The summed E-state index contributed by atoms with van der Waals surface area (Å²) >= 11 is 0. The van der Waals surface area contributed by atoms with E-state index in [0.717, 1.165) is 5.69 Å². The van der Waals surface area contributed by atoms with E-state index in [2.05, 4.69) is 0 Å². The van der Waals surface area contributed by atoms with E-state index in [1.807, 2.05) is 15.9 Å². The molecular weight excluding hydrogens is 263 g/mol. The van der Waals surface area contributed by atoms with Gasteiger partial charge in [0.25, 0.3) is 0 Å². The smallest absolute Gasteiger partial charge is 0.320 e. The average Bonchev–Trinajstić information content (AvgIpc) is 2.46. The summed E-state index contributed by atoms with van der Waals surface area (Å²) in [4.78, 5) is 14.9. The van der Waals surface area contributed by atoms with Crippen LogP contribution in [0.5, 0.6) is 5.75 Å². The molecule has 1 atom stereocenters. The van der Waals surface area contributed by atoms with E-state index in [0.29, 0.717) is 26.2 Å². The molecule has 6 heteroatoms. The molecule has 1 heterocycles. The fourth-order valence-corrected chi connectivity index (χ4v) is 2.38. The van der Waals surface area contributed by atoms with Crippen molar-refractivity contribution in [3.8, 4) is 5.75 Å². The number of carboxylic acid groups (broad SMARTS) is 1. The molecule has 0 saturated carbocycles. The van der Waals surface area contributed by atoms with Crippen molar-refractivity contribution in [3.63, 3.8) is 0 Å². The highest BCUT2D eigenvalue weighted by atomic mass is 19.1. The normalized spacial score (nSPS) is 17.9. The maximum atomic E-state index is 13.7. The van der Waals surface area contributed by atoms with Crippen LogP contribution in [0.25, 0.3) is 0 Å². The van der Waals surface area contributed by atoms with Gasteiger partial charge >= 0.3 is 5.97 Å². The number of anilines is 1. The molecule has 0 unspecified atom stereocenters. The molecule has 0 radical (unpaired) electrons. The van der Waals surface area contributed by atoms with Gasteiger partial charge in [0.05, 0.1) is 7.11 Å². The zero-order chi connectivity index (χ0) is 14.7. The van der Waals surface area contributed by atoms with Gasteiger partial charge in [0.2, 0.25) is 0 Å². The number of benzene rings is 1. The summed E-state index contributed by atoms with van der Waals surface area (Å²) < 4.78 is 18.6. The van der Waals surface area contributed by atoms with Crippen LogP contribution in [0.4, 0.5) is 10.1 Å². The van der Waals surface area contributed by atoms with Gasteiger partial charge in [0.15, 0.2) is 11.6 Å². The van der Waals surface area contributed by atoms with Crippen molar-refractivity contribution in [1.29, 1.82) is 0 Å². The SMILES string of the molecule is COc1ccc(N2CCN([C@H](C)C(=O)O)CC2)cc1F. The van der Waals surface area contributed by atoms with E-state index >= 15 is 0 Å². The lowest BCUT2D eigenvalue weighted by Gasteiger charge is -2.37. The number of hydrogen-bond donors (Lipinski definition) is 1. The molecule has 1 N–H and O–H groups in total. The van der Waals surface area contributed by atoms with Crippen LogP contribution in [0.2, 0.25) is 0 Å². The zero-order valence-corrected chi connectivity index (χ0v) is 11.7. The number of piperazine rings is 1. The topological polar surface area (TPSA) is 53.0 Å². The first-order valence-corrected chi connectivity index (χ1v) is 6.58. The molecule has 110 valence electrons. The Morgan fingerprint density at radius 2 is 2.00 bits per heavy atom. The van der Waals surface area contributed by atoms with Gasteiger partial charge in [-0.05, 0) is 19.1 Å². The van der Waals surface area contributed by atoms with Crippen LogP contribution in [-0.2, 0) is 4.79 Å². The number of carboxylic acids is 1. The molecule has 0 aliphatic carbocycles. The lowest BCUT2D eigenvalue weighted by molar-refractivity contribution is -0.142. The maximum absolute atomic E-state index is 13.7. The number of ether oxygens (including phenoxy) is 1. The molecule has 2 rings (SSSR count). The van der Waals surface area contributed by atoms with Gasteiger partial charge in [0, 0.05) is 37.9 Å². The minimum Gasteiger partial charge on any atom is -0.494 e. The highest BCUT2D eigenvalue weighted by molar-refractivity contribution is 5.73. The summed E-state index contributed by atoms with van der Waals surface area (Å²) in [7, 11) is 1.43. The van der Waals surface area contributed by atoms with Crippen molar-refractivity contribution < 1.29 is 19.0 Å². The highest BCUT2D eigenvalue weighted by Gasteiger charge is 2.25. The molecule has 0 bridgehead atoms. The lowest BCUT2D eigenvalue weighted by atomic mass is 10.2. The van der Waals surface area contributed by atoms with E-state index in [9.17, 15) is 9.18 Å². The van der Waals surface area contributed by atoms with Gasteiger partial charge in [-0.15, -0.1) is 0 Å². The molecule has 0 aromatic heterocycles. The fourth-order valence-electron chi connectivity index (χ4n) is 2.38. The van der Waals surface area contributed by atoms with Crippen molar-refractivity contribution in [3.05, 3.63) is 24.0 Å². The fraction of sp³-hybridized carbons (Fsp3) is 0.500. The predicted molar refractivity (Wildman–Crippen MR) is 73.8 cm³/mol. The number of carbonyl (C=O) groups is 1. The minimum atomic E-state index is -0.811. The zero-order valence-electron chi connectivity index (χ0n) is 11.7. The van der Waals surface area contributed by atoms with Crippen molar-refractivity contribution in [2.75, 3.05) is 38.2 Å². The Labute approximate surface area is 117 Å². The van der Waals surface area contributed by atoms with Crippen LogP contribution in [0, 0.1) is 5.82 Å². The molecule has 1 aromatic rings. The highest BCUT2D eigenvalue weighted by Crippen LogP contribution is 2.24. The van der Waals surface area contributed by atoms with Crippen LogP contribution in [0.1, 0.15) is 6.92 Å². The Kier molecular flexibility index (Phi) is 4.44. The first-order valence-electron chi connectivity index (χ1n) is 6.58. The molecule has 0 amide bonds. The Balaban J connectivity index is 2.00. The summed E-state index contributed by atoms with van der Waals surface area (Å²) in [6.07, 6.45) is 0. The lowest BCUT2D eigenvalue weighted by Crippen LogP contribution is -2.51. The molecular formula is C14H19FN2O3. The quantitative estimate of drug-likeness (QED) is 0.905. The van der Waals surface area contributed by atoms with E-state index in [4.69, 9.17) is 9.84 Å². The molecule has 1 saturated heterocycles. The number of halogens is 1. The third kappa shape index (κ3) is 3.01. The van der Waals surface area contributed by atoms with E-state index in [1.54, 1.807) is 13.0 Å². The number of aliphatic carboxylic acids is 1. The summed E-state index contributed by atoms with van der Waals surface area (Å²) in [6, 6.07) is 4.40. The second-order valence-corrected chi connectivity index (χ2v) is 4.86. The van der Waals surface area contributed by atoms with Crippen LogP contribution in [0.3, 0.4) is 0 Å². The number of nitrogens with zero attached hydrogens (tertiary/aromatic N) is 2. The van der Waals surface area contributed by atoms with Crippen LogP contribution < -0.4 is 9.64 Å². The average molecular weight is 282 g/mol. The molecule has 1 aliphatic rings. The monoisotopic (exact) mass is 282 g/mol. The Bertz CT molecular complexity index is 487. The second kappa shape index (κ2) is 6.09. The summed E-state index contributed by atoms with van der Waals surface area (Å²) in [5, 5.41) is 8.99.